The largest absolute Gasteiger partial charge is 0.349 e. The van der Waals surface area contributed by atoms with Crippen molar-refractivity contribution in [1.29, 1.82) is 0 Å². The smallest absolute Gasteiger partial charge is 0.255 e. The molecule has 1 saturated carbocycles. The second kappa shape index (κ2) is 8.48. The first-order valence-corrected chi connectivity index (χ1v) is 10.3. The molecule has 7 nitrogen and oxygen atoms in total. The topological polar surface area (TPSA) is 97.1 Å². The van der Waals surface area contributed by atoms with Gasteiger partial charge < -0.3 is 15.2 Å². The predicted molar refractivity (Wildman–Crippen MR) is 110 cm³/mol. The lowest BCUT2D eigenvalue weighted by Gasteiger charge is -2.08. The molecule has 2 aromatic carbocycles. The highest BCUT2D eigenvalue weighted by molar-refractivity contribution is 7.98. The maximum Gasteiger partial charge on any atom is 0.255 e. The summed E-state index contributed by atoms with van der Waals surface area (Å²) in [4.78, 5) is 29.6. The van der Waals surface area contributed by atoms with Crippen molar-refractivity contribution in [2.24, 2.45) is 0 Å². The molecule has 3 aromatic rings. The highest BCUT2D eigenvalue weighted by Crippen LogP contribution is 2.23. The molecule has 1 fully saturated rings. The van der Waals surface area contributed by atoms with Crippen molar-refractivity contribution in [3.63, 3.8) is 0 Å². The summed E-state index contributed by atoms with van der Waals surface area (Å²) in [6, 6.07) is 14.5. The summed E-state index contributed by atoms with van der Waals surface area (Å²) in [5, 5.41) is 9.55. The van der Waals surface area contributed by atoms with Gasteiger partial charge in [0.05, 0.1) is 5.75 Å². The van der Waals surface area contributed by atoms with Crippen LogP contribution in [0.3, 0.4) is 0 Å². The van der Waals surface area contributed by atoms with Crippen LogP contribution >= 0.6 is 11.8 Å². The van der Waals surface area contributed by atoms with Crippen molar-refractivity contribution in [3.8, 4) is 0 Å². The number of rotatable bonds is 7. The third kappa shape index (κ3) is 5.23. The van der Waals surface area contributed by atoms with Crippen LogP contribution in [0.15, 0.2) is 57.9 Å². The van der Waals surface area contributed by atoms with Crippen LogP contribution in [0.1, 0.15) is 45.3 Å². The molecule has 1 heterocycles. The Labute approximate surface area is 172 Å². The van der Waals surface area contributed by atoms with Crippen molar-refractivity contribution in [1.82, 2.24) is 15.5 Å². The van der Waals surface area contributed by atoms with E-state index in [4.69, 9.17) is 4.52 Å². The molecule has 4 rings (SSSR count). The average Bonchev–Trinajstić information content (AvgIpc) is 3.45. The number of hydrogen-bond donors (Lipinski definition) is 2. The fraction of sp³-hybridized carbons (Fsp3) is 0.238. The number of amides is 2. The molecule has 0 bridgehead atoms. The molecule has 1 aliphatic rings. The van der Waals surface area contributed by atoms with Crippen molar-refractivity contribution < 1.29 is 14.1 Å². The summed E-state index contributed by atoms with van der Waals surface area (Å²) >= 11 is 1.56. The first-order valence-electron chi connectivity index (χ1n) is 9.31. The Bertz CT molecular complexity index is 1010. The molecule has 2 N–H and O–H groups in total. The van der Waals surface area contributed by atoms with Gasteiger partial charge in [-0.2, -0.15) is 4.98 Å². The minimum atomic E-state index is -0.204. The molecule has 29 heavy (non-hydrogen) atoms. The maximum atomic E-state index is 12.4. The highest BCUT2D eigenvalue weighted by atomic mass is 32.2. The molecule has 1 aromatic heterocycles. The lowest BCUT2D eigenvalue weighted by Crippen LogP contribution is -2.25. The lowest BCUT2D eigenvalue weighted by atomic mass is 10.1. The number of anilines is 1. The number of carbonyl (C=O) groups excluding carboxylic acids is 2. The molecular formula is C21H20N4O3S. The van der Waals surface area contributed by atoms with Gasteiger partial charge in [0.25, 0.3) is 11.8 Å². The number of aryl methyl sites for hydroxylation is 1. The van der Waals surface area contributed by atoms with E-state index < -0.39 is 0 Å². The molecule has 0 atom stereocenters. The van der Waals surface area contributed by atoms with Gasteiger partial charge in [0.15, 0.2) is 5.82 Å². The highest BCUT2D eigenvalue weighted by Gasteiger charge is 2.23. The molecular weight excluding hydrogens is 388 g/mol. The number of aromatic nitrogens is 2. The van der Waals surface area contributed by atoms with Crippen LogP contribution in [0, 0.1) is 6.92 Å². The van der Waals surface area contributed by atoms with E-state index in [0.29, 0.717) is 40.3 Å². The van der Waals surface area contributed by atoms with Gasteiger partial charge in [-0.1, -0.05) is 5.16 Å². The Morgan fingerprint density at radius 3 is 2.31 bits per heavy atom. The van der Waals surface area contributed by atoms with Crippen LogP contribution < -0.4 is 10.6 Å². The van der Waals surface area contributed by atoms with Gasteiger partial charge in [0.2, 0.25) is 5.89 Å². The second-order valence-corrected chi connectivity index (χ2v) is 7.88. The molecule has 8 heteroatoms. The summed E-state index contributed by atoms with van der Waals surface area (Å²) in [7, 11) is 0. The molecule has 1 aliphatic carbocycles. The Morgan fingerprint density at radius 2 is 1.69 bits per heavy atom. The van der Waals surface area contributed by atoms with Crippen molar-refractivity contribution in [2.45, 2.75) is 36.5 Å². The van der Waals surface area contributed by atoms with Crippen LogP contribution in [0.4, 0.5) is 5.69 Å². The van der Waals surface area contributed by atoms with E-state index in [-0.39, 0.29) is 11.8 Å². The van der Waals surface area contributed by atoms with Crippen LogP contribution in [0.25, 0.3) is 0 Å². The van der Waals surface area contributed by atoms with E-state index in [0.717, 1.165) is 17.7 Å². The van der Waals surface area contributed by atoms with Crippen LogP contribution in [-0.2, 0) is 5.75 Å². The third-order valence-corrected chi connectivity index (χ3v) is 5.36. The Balaban J connectivity index is 1.31. The summed E-state index contributed by atoms with van der Waals surface area (Å²) in [6.45, 7) is 1.78. The Kier molecular flexibility index (Phi) is 5.62. The van der Waals surface area contributed by atoms with Crippen LogP contribution in [0.2, 0.25) is 0 Å². The zero-order valence-corrected chi connectivity index (χ0v) is 16.7. The third-order valence-electron chi connectivity index (χ3n) is 4.37. The lowest BCUT2D eigenvalue weighted by molar-refractivity contribution is 0.0950. The minimum Gasteiger partial charge on any atom is -0.349 e. The van der Waals surface area contributed by atoms with Crippen molar-refractivity contribution in [3.05, 3.63) is 71.4 Å². The minimum absolute atomic E-state index is 0.0749. The summed E-state index contributed by atoms with van der Waals surface area (Å²) in [5.41, 5.74) is 1.79. The number of hydrogen-bond acceptors (Lipinski definition) is 6. The van der Waals surface area contributed by atoms with E-state index in [1.807, 2.05) is 12.1 Å². The van der Waals surface area contributed by atoms with E-state index in [2.05, 4.69) is 20.8 Å². The SMILES string of the molecule is Cc1noc(CSc2ccc(C(=O)Nc3ccc(C(=O)NC4CC4)cc3)cc2)n1. The fourth-order valence-electron chi connectivity index (χ4n) is 2.65. The van der Waals surface area contributed by atoms with Gasteiger partial charge in [-0.05, 0) is 68.3 Å². The van der Waals surface area contributed by atoms with Crippen LogP contribution in [-0.4, -0.2) is 28.0 Å². The van der Waals surface area contributed by atoms with Crippen LogP contribution in [0.5, 0.6) is 0 Å². The molecule has 0 spiro atoms. The molecule has 0 unspecified atom stereocenters. The van der Waals surface area contributed by atoms with E-state index in [1.54, 1.807) is 55.1 Å². The zero-order chi connectivity index (χ0) is 20.2. The molecule has 0 aliphatic heterocycles. The molecule has 2 amide bonds. The van der Waals surface area contributed by atoms with Gasteiger partial charge >= 0.3 is 0 Å². The van der Waals surface area contributed by atoms with Crippen molar-refractivity contribution >= 4 is 29.3 Å². The number of carbonyl (C=O) groups is 2. The number of benzene rings is 2. The fourth-order valence-corrected chi connectivity index (χ4v) is 3.39. The standard InChI is InChI=1S/C21H20N4O3S/c1-13-22-19(28-25-13)12-29-18-10-4-15(5-11-18)21(27)23-16-6-2-14(3-7-16)20(26)24-17-8-9-17/h2-7,10-11,17H,8-9,12H2,1H3,(H,23,27)(H,24,26). The summed E-state index contributed by atoms with van der Waals surface area (Å²) in [6.07, 6.45) is 2.10. The quantitative estimate of drug-likeness (QED) is 0.577. The number of nitrogens with zero attached hydrogens (tertiary/aromatic N) is 2. The van der Waals surface area contributed by atoms with Gasteiger partial charge in [0.1, 0.15) is 0 Å². The number of nitrogens with one attached hydrogen (secondary N) is 2. The first-order chi connectivity index (χ1) is 14.1. The summed E-state index contributed by atoms with van der Waals surface area (Å²) in [5.74, 6) is 1.48. The molecule has 148 valence electrons. The van der Waals surface area contributed by atoms with E-state index >= 15 is 0 Å². The summed E-state index contributed by atoms with van der Waals surface area (Å²) < 4.78 is 5.09. The first kappa shape index (κ1) is 19.2. The predicted octanol–water partition coefficient (Wildman–Crippen LogP) is 3.81. The number of thioether (sulfide) groups is 1. The van der Waals surface area contributed by atoms with E-state index in [9.17, 15) is 9.59 Å². The molecule has 0 radical (unpaired) electrons. The van der Waals surface area contributed by atoms with E-state index in [1.165, 1.54) is 0 Å². The average molecular weight is 408 g/mol. The molecule has 0 saturated heterocycles. The van der Waals surface area contributed by atoms with Gasteiger partial charge in [-0.15, -0.1) is 11.8 Å². The zero-order valence-electron chi connectivity index (χ0n) is 15.8. The van der Waals surface area contributed by atoms with Gasteiger partial charge in [-0.25, -0.2) is 0 Å². The van der Waals surface area contributed by atoms with Gasteiger partial charge in [0, 0.05) is 27.8 Å². The normalized spacial score (nSPS) is 13.1. The van der Waals surface area contributed by atoms with Crippen molar-refractivity contribution in [2.75, 3.05) is 5.32 Å². The van der Waals surface area contributed by atoms with Gasteiger partial charge in [-0.3, -0.25) is 9.59 Å². The second-order valence-electron chi connectivity index (χ2n) is 6.83. The monoisotopic (exact) mass is 408 g/mol. The Morgan fingerprint density at radius 1 is 1.03 bits per heavy atom. The Hall–Kier alpha value is -3.13. The maximum absolute atomic E-state index is 12.4.